The zero-order chi connectivity index (χ0) is 19.8. The maximum atomic E-state index is 12.7. The average Bonchev–Trinajstić information content (AvgIpc) is 2.72. The van der Waals surface area contributed by atoms with Crippen LogP contribution in [-0.2, 0) is 17.9 Å². The molecule has 1 heterocycles. The quantitative estimate of drug-likeness (QED) is 0.624. The Bertz CT molecular complexity index is 862. The molecule has 1 N–H and O–H groups in total. The SMILES string of the molecule is Cc1cccc(CN/C=C(/C#N)C(=O)N2CCN(Cc3ccccc3)CC2)c1. The van der Waals surface area contributed by atoms with Crippen LogP contribution in [0.3, 0.4) is 0 Å². The van der Waals surface area contributed by atoms with Gasteiger partial charge in [-0.05, 0) is 18.1 Å². The first kappa shape index (κ1) is 19.7. The van der Waals surface area contributed by atoms with Crippen molar-refractivity contribution >= 4 is 5.91 Å². The number of hydrogen-bond acceptors (Lipinski definition) is 4. The van der Waals surface area contributed by atoms with Crippen molar-refractivity contribution in [3.8, 4) is 6.07 Å². The van der Waals surface area contributed by atoms with Crippen molar-refractivity contribution in [2.24, 2.45) is 0 Å². The fourth-order valence-electron chi connectivity index (χ4n) is 3.36. The Labute approximate surface area is 166 Å². The van der Waals surface area contributed by atoms with E-state index in [1.165, 1.54) is 11.1 Å². The number of carbonyl (C=O) groups is 1. The van der Waals surface area contributed by atoms with E-state index in [1.807, 2.05) is 49.4 Å². The van der Waals surface area contributed by atoms with E-state index in [9.17, 15) is 10.1 Å². The van der Waals surface area contributed by atoms with Gasteiger partial charge in [-0.15, -0.1) is 0 Å². The van der Waals surface area contributed by atoms with Gasteiger partial charge in [0.05, 0.1) is 0 Å². The summed E-state index contributed by atoms with van der Waals surface area (Å²) in [5, 5.41) is 12.5. The summed E-state index contributed by atoms with van der Waals surface area (Å²) in [6, 6.07) is 20.5. The van der Waals surface area contributed by atoms with Crippen LogP contribution in [0.5, 0.6) is 0 Å². The molecule has 0 saturated carbocycles. The van der Waals surface area contributed by atoms with Gasteiger partial charge in [0.25, 0.3) is 5.91 Å². The fourth-order valence-corrected chi connectivity index (χ4v) is 3.36. The zero-order valence-corrected chi connectivity index (χ0v) is 16.3. The van der Waals surface area contributed by atoms with Crippen LogP contribution in [0, 0.1) is 18.3 Å². The molecule has 0 aliphatic carbocycles. The van der Waals surface area contributed by atoms with Gasteiger partial charge in [-0.2, -0.15) is 5.26 Å². The second-order valence-electron chi connectivity index (χ2n) is 7.09. The van der Waals surface area contributed by atoms with E-state index in [-0.39, 0.29) is 11.5 Å². The van der Waals surface area contributed by atoms with Crippen LogP contribution >= 0.6 is 0 Å². The molecule has 1 fully saturated rings. The monoisotopic (exact) mass is 374 g/mol. The summed E-state index contributed by atoms with van der Waals surface area (Å²) in [5.41, 5.74) is 3.74. The Hall–Kier alpha value is -3.10. The number of aryl methyl sites for hydroxylation is 1. The van der Waals surface area contributed by atoms with Gasteiger partial charge >= 0.3 is 0 Å². The molecule has 0 atom stereocenters. The molecule has 2 aromatic carbocycles. The topological polar surface area (TPSA) is 59.4 Å². The average molecular weight is 374 g/mol. The number of benzene rings is 2. The van der Waals surface area contributed by atoms with Crippen LogP contribution in [0.2, 0.25) is 0 Å². The molecule has 5 heteroatoms. The first-order chi connectivity index (χ1) is 13.7. The molecule has 0 radical (unpaired) electrons. The lowest BCUT2D eigenvalue weighted by Crippen LogP contribution is -2.48. The van der Waals surface area contributed by atoms with Crippen LogP contribution in [-0.4, -0.2) is 41.9 Å². The van der Waals surface area contributed by atoms with Crippen LogP contribution in [0.4, 0.5) is 0 Å². The molecule has 2 aromatic rings. The molecule has 1 saturated heterocycles. The highest BCUT2D eigenvalue weighted by atomic mass is 16.2. The normalized spacial score (nSPS) is 15.1. The minimum absolute atomic E-state index is 0.157. The van der Waals surface area contributed by atoms with Crippen molar-refractivity contribution in [2.75, 3.05) is 26.2 Å². The number of nitrogens with one attached hydrogen (secondary N) is 1. The van der Waals surface area contributed by atoms with E-state index in [0.717, 1.165) is 25.2 Å². The summed E-state index contributed by atoms with van der Waals surface area (Å²) >= 11 is 0. The van der Waals surface area contributed by atoms with Crippen molar-refractivity contribution in [3.05, 3.63) is 83.1 Å². The Morgan fingerprint density at radius 1 is 1.07 bits per heavy atom. The first-order valence-corrected chi connectivity index (χ1v) is 9.60. The Kier molecular flexibility index (Phi) is 6.83. The van der Waals surface area contributed by atoms with Gasteiger partial charge in [0.15, 0.2) is 0 Å². The summed E-state index contributed by atoms with van der Waals surface area (Å²) in [7, 11) is 0. The highest BCUT2D eigenvalue weighted by Crippen LogP contribution is 2.11. The molecular weight excluding hydrogens is 348 g/mol. The van der Waals surface area contributed by atoms with Crippen LogP contribution < -0.4 is 5.32 Å². The molecule has 1 amide bonds. The van der Waals surface area contributed by atoms with E-state index >= 15 is 0 Å². The van der Waals surface area contributed by atoms with E-state index in [0.29, 0.717) is 19.6 Å². The Morgan fingerprint density at radius 3 is 2.46 bits per heavy atom. The number of nitrogens with zero attached hydrogens (tertiary/aromatic N) is 3. The largest absolute Gasteiger partial charge is 0.386 e. The van der Waals surface area contributed by atoms with E-state index in [2.05, 4.69) is 28.4 Å². The molecule has 28 heavy (non-hydrogen) atoms. The predicted molar refractivity (Wildman–Crippen MR) is 110 cm³/mol. The van der Waals surface area contributed by atoms with Gasteiger partial charge < -0.3 is 10.2 Å². The number of carbonyl (C=O) groups excluding carboxylic acids is 1. The first-order valence-electron chi connectivity index (χ1n) is 9.60. The molecule has 0 aromatic heterocycles. The highest BCUT2D eigenvalue weighted by molar-refractivity contribution is 5.97. The van der Waals surface area contributed by atoms with E-state index in [4.69, 9.17) is 0 Å². The predicted octanol–water partition coefficient (Wildman–Crippen LogP) is 2.84. The van der Waals surface area contributed by atoms with Crippen LogP contribution in [0.25, 0.3) is 0 Å². The standard InChI is InChI=1S/C23H26N4O/c1-19-6-5-9-21(14-19)16-25-17-22(15-24)23(28)27-12-10-26(11-13-27)18-20-7-3-2-4-8-20/h2-9,14,17,25H,10-13,16,18H2,1H3/b22-17-. The van der Waals surface area contributed by atoms with Gasteiger partial charge in [-0.25, -0.2) is 0 Å². The zero-order valence-electron chi connectivity index (χ0n) is 16.3. The van der Waals surface area contributed by atoms with Crippen molar-refractivity contribution in [1.29, 1.82) is 5.26 Å². The van der Waals surface area contributed by atoms with E-state index in [1.54, 1.807) is 11.1 Å². The van der Waals surface area contributed by atoms with Crippen molar-refractivity contribution in [3.63, 3.8) is 0 Å². The van der Waals surface area contributed by atoms with Crippen molar-refractivity contribution in [1.82, 2.24) is 15.1 Å². The molecule has 1 aliphatic heterocycles. The van der Waals surface area contributed by atoms with Crippen LogP contribution in [0.15, 0.2) is 66.4 Å². The molecule has 0 unspecified atom stereocenters. The minimum Gasteiger partial charge on any atom is -0.386 e. The summed E-state index contributed by atoms with van der Waals surface area (Å²) in [4.78, 5) is 16.8. The van der Waals surface area contributed by atoms with Crippen molar-refractivity contribution in [2.45, 2.75) is 20.0 Å². The second-order valence-corrected chi connectivity index (χ2v) is 7.09. The van der Waals surface area contributed by atoms with Crippen LogP contribution in [0.1, 0.15) is 16.7 Å². The van der Waals surface area contributed by atoms with Gasteiger partial charge in [-0.1, -0.05) is 60.2 Å². The molecule has 5 nitrogen and oxygen atoms in total. The van der Waals surface area contributed by atoms with E-state index < -0.39 is 0 Å². The van der Waals surface area contributed by atoms with Gasteiger partial charge in [0.1, 0.15) is 11.6 Å². The fraction of sp³-hybridized carbons (Fsp3) is 0.304. The number of amides is 1. The summed E-state index contributed by atoms with van der Waals surface area (Å²) < 4.78 is 0. The third-order valence-corrected chi connectivity index (χ3v) is 4.89. The molecule has 0 spiro atoms. The summed E-state index contributed by atoms with van der Waals surface area (Å²) in [5.74, 6) is -0.196. The number of nitriles is 1. The minimum atomic E-state index is -0.196. The van der Waals surface area contributed by atoms with Gasteiger partial charge in [0, 0.05) is 45.5 Å². The maximum Gasteiger partial charge on any atom is 0.266 e. The summed E-state index contributed by atoms with van der Waals surface area (Å²) in [6.07, 6.45) is 1.54. The van der Waals surface area contributed by atoms with Crippen molar-refractivity contribution < 1.29 is 4.79 Å². The Morgan fingerprint density at radius 2 is 1.79 bits per heavy atom. The lowest BCUT2D eigenvalue weighted by Gasteiger charge is -2.34. The second kappa shape index (κ2) is 9.72. The lowest BCUT2D eigenvalue weighted by atomic mass is 10.1. The van der Waals surface area contributed by atoms with Gasteiger partial charge in [-0.3, -0.25) is 9.69 Å². The number of piperazine rings is 1. The smallest absolute Gasteiger partial charge is 0.266 e. The third-order valence-electron chi connectivity index (χ3n) is 4.89. The molecule has 1 aliphatic rings. The Balaban J connectivity index is 1.50. The summed E-state index contributed by atoms with van der Waals surface area (Å²) in [6.45, 7) is 6.44. The lowest BCUT2D eigenvalue weighted by molar-refractivity contribution is -0.128. The third kappa shape index (κ3) is 5.45. The number of hydrogen-bond donors (Lipinski definition) is 1. The molecule has 3 rings (SSSR count). The maximum absolute atomic E-state index is 12.7. The molecule has 144 valence electrons. The highest BCUT2D eigenvalue weighted by Gasteiger charge is 2.23. The van der Waals surface area contributed by atoms with Gasteiger partial charge in [0.2, 0.25) is 0 Å². The molecular formula is C23H26N4O. The number of rotatable bonds is 6. The molecule has 0 bridgehead atoms.